The van der Waals surface area contributed by atoms with Gasteiger partial charge in [-0.3, -0.25) is 0 Å². The number of methoxy groups -OCH3 is 1. The molecular formula is C13H15N3O2S. The van der Waals surface area contributed by atoms with Crippen molar-refractivity contribution in [2.24, 2.45) is 0 Å². The summed E-state index contributed by atoms with van der Waals surface area (Å²) in [6.45, 7) is 2.36. The molecule has 100 valence electrons. The lowest BCUT2D eigenvalue weighted by Gasteiger charge is -2.07. The van der Waals surface area contributed by atoms with Crippen LogP contribution in [0.15, 0.2) is 29.6 Å². The summed E-state index contributed by atoms with van der Waals surface area (Å²) in [5.41, 5.74) is 1.58. The number of hydrogen-bond donors (Lipinski definition) is 2. The molecule has 2 N–H and O–H groups in total. The van der Waals surface area contributed by atoms with E-state index in [1.54, 1.807) is 42.7 Å². The second-order valence-electron chi connectivity index (χ2n) is 3.89. The van der Waals surface area contributed by atoms with Crippen molar-refractivity contribution in [2.75, 3.05) is 12.4 Å². The number of nitrogens with zero attached hydrogens (tertiary/aromatic N) is 1. The third kappa shape index (κ3) is 3.96. The normalized spacial score (nSPS) is 10.0. The van der Waals surface area contributed by atoms with E-state index in [-0.39, 0.29) is 6.03 Å². The highest BCUT2D eigenvalue weighted by molar-refractivity contribution is 7.09. The molecule has 2 rings (SSSR count). The first kappa shape index (κ1) is 13.4. The van der Waals surface area contributed by atoms with Crippen LogP contribution in [0.5, 0.6) is 5.75 Å². The standard InChI is InChI=1S/C13H15N3O2S/c1-9-15-11(8-19-9)7-14-13(17)16-10-3-5-12(18-2)6-4-10/h3-6,8H,7H2,1-2H3,(H2,14,16,17). The van der Waals surface area contributed by atoms with Crippen LogP contribution >= 0.6 is 11.3 Å². The van der Waals surface area contributed by atoms with Crippen molar-refractivity contribution >= 4 is 23.1 Å². The minimum atomic E-state index is -0.254. The number of benzene rings is 1. The lowest BCUT2D eigenvalue weighted by molar-refractivity contribution is 0.251. The summed E-state index contributed by atoms with van der Waals surface area (Å²) in [7, 11) is 1.60. The number of amides is 2. The number of rotatable bonds is 4. The fourth-order valence-electron chi connectivity index (χ4n) is 1.51. The number of hydrogen-bond acceptors (Lipinski definition) is 4. The molecule has 0 atom stereocenters. The smallest absolute Gasteiger partial charge is 0.319 e. The molecule has 0 saturated carbocycles. The van der Waals surface area contributed by atoms with E-state index in [0.29, 0.717) is 12.2 Å². The molecule has 0 fully saturated rings. The maximum atomic E-state index is 11.7. The van der Waals surface area contributed by atoms with Gasteiger partial charge in [0.15, 0.2) is 0 Å². The molecule has 0 aliphatic rings. The van der Waals surface area contributed by atoms with Crippen molar-refractivity contribution < 1.29 is 9.53 Å². The summed E-state index contributed by atoms with van der Waals surface area (Å²) < 4.78 is 5.05. The van der Waals surface area contributed by atoms with Crippen LogP contribution < -0.4 is 15.4 Å². The average molecular weight is 277 g/mol. The molecule has 0 aliphatic carbocycles. The molecular weight excluding hydrogens is 262 g/mol. The van der Waals surface area contributed by atoms with Crippen LogP contribution in [-0.2, 0) is 6.54 Å². The van der Waals surface area contributed by atoms with Crippen molar-refractivity contribution in [2.45, 2.75) is 13.5 Å². The van der Waals surface area contributed by atoms with Crippen LogP contribution in [0.25, 0.3) is 0 Å². The van der Waals surface area contributed by atoms with Crippen LogP contribution in [0.2, 0.25) is 0 Å². The third-order valence-electron chi connectivity index (χ3n) is 2.44. The van der Waals surface area contributed by atoms with Crippen LogP contribution in [0, 0.1) is 6.92 Å². The van der Waals surface area contributed by atoms with Crippen molar-refractivity contribution in [1.82, 2.24) is 10.3 Å². The van der Waals surface area contributed by atoms with Gasteiger partial charge >= 0.3 is 6.03 Å². The number of thiazole rings is 1. The van der Waals surface area contributed by atoms with Gasteiger partial charge in [0.25, 0.3) is 0 Å². The van der Waals surface area contributed by atoms with Gasteiger partial charge in [-0.2, -0.15) is 0 Å². The summed E-state index contributed by atoms with van der Waals surface area (Å²) in [6, 6.07) is 6.89. The van der Waals surface area contributed by atoms with Gasteiger partial charge in [0.1, 0.15) is 5.75 Å². The van der Waals surface area contributed by atoms with E-state index >= 15 is 0 Å². The van der Waals surface area contributed by atoms with Gasteiger partial charge in [-0.25, -0.2) is 9.78 Å². The predicted molar refractivity (Wildman–Crippen MR) is 75.7 cm³/mol. The van der Waals surface area contributed by atoms with E-state index in [4.69, 9.17) is 4.74 Å². The fraction of sp³-hybridized carbons (Fsp3) is 0.231. The Morgan fingerprint density at radius 2 is 2.11 bits per heavy atom. The van der Waals surface area contributed by atoms with E-state index in [2.05, 4.69) is 15.6 Å². The van der Waals surface area contributed by atoms with Gasteiger partial charge in [-0.15, -0.1) is 11.3 Å². The first-order chi connectivity index (χ1) is 9.17. The first-order valence-corrected chi connectivity index (χ1v) is 6.65. The lowest BCUT2D eigenvalue weighted by atomic mass is 10.3. The molecule has 1 aromatic carbocycles. The Labute approximate surface area is 115 Å². The number of ether oxygens (including phenoxy) is 1. The minimum Gasteiger partial charge on any atom is -0.497 e. The van der Waals surface area contributed by atoms with Crippen molar-refractivity contribution in [3.8, 4) is 5.75 Å². The van der Waals surface area contributed by atoms with Crippen LogP contribution in [-0.4, -0.2) is 18.1 Å². The molecule has 5 nitrogen and oxygen atoms in total. The molecule has 0 spiro atoms. The van der Waals surface area contributed by atoms with Crippen molar-refractivity contribution in [3.63, 3.8) is 0 Å². The molecule has 2 amide bonds. The van der Waals surface area contributed by atoms with Crippen molar-refractivity contribution in [1.29, 1.82) is 0 Å². The summed E-state index contributed by atoms with van der Waals surface area (Å²) >= 11 is 1.57. The fourth-order valence-corrected chi connectivity index (χ4v) is 2.12. The number of aryl methyl sites for hydroxylation is 1. The third-order valence-corrected chi connectivity index (χ3v) is 3.27. The number of nitrogens with one attached hydrogen (secondary N) is 2. The molecule has 1 heterocycles. The first-order valence-electron chi connectivity index (χ1n) is 5.77. The molecule has 0 aliphatic heterocycles. The molecule has 1 aromatic heterocycles. The van der Waals surface area contributed by atoms with Crippen LogP contribution in [0.4, 0.5) is 10.5 Å². The highest BCUT2D eigenvalue weighted by Gasteiger charge is 2.03. The Morgan fingerprint density at radius 1 is 1.37 bits per heavy atom. The molecule has 0 saturated heterocycles. The molecule has 6 heteroatoms. The maximum Gasteiger partial charge on any atom is 0.319 e. The molecule has 2 aromatic rings. The largest absolute Gasteiger partial charge is 0.497 e. The highest BCUT2D eigenvalue weighted by Crippen LogP contribution is 2.14. The Balaban J connectivity index is 1.83. The Hall–Kier alpha value is -2.08. The van der Waals surface area contributed by atoms with Crippen LogP contribution in [0.1, 0.15) is 10.7 Å². The second kappa shape index (κ2) is 6.19. The number of carbonyl (C=O) groups is 1. The van der Waals surface area contributed by atoms with Gasteiger partial charge in [-0.1, -0.05) is 0 Å². The second-order valence-corrected chi connectivity index (χ2v) is 4.96. The quantitative estimate of drug-likeness (QED) is 0.903. The van der Waals surface area contributed by atoms with E-state index in [1.165, 1.54) is 0 Å². The summed E-state index contributed by atoms with van der Waals surface area (Å²) in [6.07, 6.45) is 0. The maximum absolute atomic E-state index is 11.7. The van der Waals surface area contributed by atoms with E-state index in [9.17, 15) is 4.79 Å². The zero-order valence-electron chi connectivity index (χ0n) is 10.8. The van der Waals surface area contributed by atoms with Gasteiger partial charge in [0.2, 0.25) is 0 Å². The average Bonchev–Trinajstić information content (AvgIpc) is 2.83. The van der Waals surface area contributed by atoms with Crippen LogP contribution in [0.3, 0.4) is 0 Å². The summed E-state index contributed by atoms with van der Waals surface area (Å²) in [4.78, 5) is 15.9. The predicted octanol–water partition coefficient (Wildman–Crippen LogP) is 2.78. The van der Waals surface area contributed by atoms with Gasteiger partial charge in [0.05, 0.1) is 24.4 Å². The Kier molecular flexibility index (Phi) is 4.35. The lowest BCUT2D eigenvalue weighted by Crippen LogP contribution is -2.28. The molecule has 0 bridgehead atoms. The van der Waals surface area contributed by atoms with Gasteiger partial charge < -0.3 is 15.4 Å². The Morgan fingerprint density at radius 3 is 2.68 bits per heavy atom. The minimum absolute atomic E-state index is 0.254. The molecule has 19 heavy (non-hydrogen) atoms. The highest BCUT2D eigenvalue weighted by atomic mass is 32.1. The SMILES string of the molecule is COc1ccc(NC(=O)NCc2csc(C)n2)cc1. The number of carbonyl (C=O) groups excluding carboxylic acids is 1. The van der Waals surface area contributed by atoms with Crippen molar-refractivity contribution in [3.05, 3.63) is 40.3 Å². The van der Waals surface area contributed by atoms with Gasteiger partial charge in [0, 0.05) is 11.1 Å². The van der Waals surface area contributed by atoms with Gasteiger partial charge in [-0.05, 0) is 31.2 Å². The molecule has 0 radical (unpaired) electrons. The summed E-state index contributed by atoms with van der Waals surface area (Å²) in [5, 5.41) is 8.42. The zero-order chi connectivity index (χ0) is 13.7. The summed E-state index contributed by atoms with van der Waals surface area (Å²) in [5.74, 6) is 0.754. The monoisotopic (exact) mass is 277 g/mol. The zero-order valence-corrected chi connectivity index (χ0v) is 11.6. The van der Waals surface area contributed by atoms with E-state index in [0.717, 1.165) is 16.5 Å². The topological polar surface area (TPSA) is 63.2 Å². The molecule has 0 unspecified atom stereocenters. The number of anilines is 1. The number of aromatic nitrogens is 1. The van der Waals surface area contributed by atoms with E-state index in [1.807, 2.05) is 12.3 Å². The number of urea groups is 1. The van der Waals surface area contributed by atoms with E-state index < -0.39 is 0 Å². The Bertz CT molecular complexity index is 551.